The molecule has 0 radical (unpaired) electrons. The van der Waals surface area contributed by atoms with Crippen LogP contribution in [0.3, 0.4) is 0 Å². The smallest absolute Gasteiger partial charge is 0.240 e. The second-order valence-electron chi connectivity index (χ2n) is 5.17. The second kappa shape index (κ2) is 5.59. The van der Waals surface area contributed by atoms with Crippen molar-refractivity contribution in [3.05, 3.63) is 18.2 Å². The highest BCUT2D eigenvalue weighted by Crippen LogP contribution is 2.37. The van der Waals surface area contributed by atoms with Gasteiger partial charge in [-0.2, -0.15) is 0 Å². The molecule has 7 heteroatoms. The maximum atomic E-state index is 12.0. The molecule has 0 amide bonds. The van der Waals surface area contributed by atoms with E-state index in [2.05, 4.69) is 10.0 Å². The highest BCUT2D eigenvalue weighted by atomic mass is 32.2. The maximum Gasteiger partial charge on any atom is 0.240 e. The quantitative estimate of drug-likeness (QED) is 0.584. The molecule has 1 saturated carbocycles. The molecule has 0 unspecified atom stereocenters. The minimum atomic E-state index is -3.51. The number of aliphatic hydroxyl groups excluding tert-OH is 1. The van der Waals surface area contributed by atoms with E-state index in [0.29, 0.717) is 17.9 Å². The highest BCUT2D eigenvalue weighted by molar-refractivity contribution is 7.89. The molecular formula is C13H21N3O3S. The zero-order valence-corrected chi connectivity index (χ0v) is 12.3. The van der Waals surface area contributed by atoms with Gasteiger partial charge >= 0.3 is 0 Å². The number of nitrogens with two attached hydrogens (primary N) is 1. The fraction of sp³-hybridized carbons (Fsp3) is 0.538. The van der Waals surface area contributed by atoms with Crippen LogP contribution in [-0.2, 0) is 10.0 Å². The number of rotatable bonds is 6. The summed E-state index contributed by atoms with van der Waals surface area (Å²) in [6.07, 6.45) is 2.75. The molecule has 1 fully saturated rings. The Hall–Kier alpha value is -1.31. The molecule has 5 N–H and O–H groups in total. The summed E-state index contributed by atoms with van der Waals surface area (Å²) in [4.78, 5) is 0.170. The third-order valence-electron chi connectivity index (χ3n) is 3.68. The number of nitrogen functional groups attached to an aromatic ring is 1. The van der Waals surface area contributed by atoms with Crippen LogP contribution in [0.1, 0.15) is 26.2 Å². The number of sulfonamides is 1. The van der Waals surface area contributed by atoms with Crippen molar-refractivity contribution < 1.29 is 13.5 Å². The SMILES string of the molecule is CCNS(=O)(=O)c1ccc(N)c(NC2(CO)CCC2)c1. The van der Waals surface area contributed by atoms with Crippen molar-refractivity contribution in [2.24, 2.45) is 0 Å². The van der Waals surface area contributed by atoms with Gasteiger partial charge in [-0.25, -0.2) is 13.1 Å². The predicted octanol–water partition coefficient (Wildman–Crippen LogP) is 0.894. The van der Waals surface area contributed by atoms with E-state index in [9.17, 15) is 13.5 Å². The van der Waals surface area contributed by atoms with Crippen molar-refractivity contribution in [1.29, 1.82) is 0 Å². The average Bonchev–Trinajstić information content (AvgIpc) is 2.35. The summed E-state index contributed by atoms with van der Waals surface area (Å²) in [5, 5.41) is 12.7. The summed E-state index contributed by atoms with van der Waals surface area (Å²) in [6.45, 7) is 2.07. The van der Waals surface area contributed by atoms with E-state index in [1.807, 2.05) is 0 Å². The first-order valence-electron chi connectivity index (χ1n) is 6.71. The van der Waals surface area contributed by atoms with Crippen LogP contribution in [0.25, 0.3) is 0 Å². The van der Waals surface area contributed by atoms with Gasteiger partial charge in [0.25, 0.3) is 0 Å². The Balaban J connectivity index is 2.30. The topological polar surface area (TPSA) is 104 Å². The van der Waals surface area contributed by atoms with Gasteiger partial charge in [0.2, 0.25) is 10.0 Å². The minimum absolute atomic E-state index is 0.0105. The molecule has 1 aromatic carbocycles. The fourth-order valence-electron chi connectivity index (χ4n) is 2.30. The van der Waals surface area contributed by atoms with E-state index in [4.69, 9.17) is 5.73 Å². The fourth-order valence-corrected chi connectivity index (χ4v) is 3.36. The van der Waals surface area contributed by atoms with Crippen molar-refractivity contribution in [1.82, 2.24) is 4.72 Å². The van der Waals surface area contributed by atoms with Crippen LogP contribution in [0.4, 0.5) is 11.4 Å². The molecule has 0 heterocycles. The van der Waals surface area contributed by atoms with E-state index >= 15 is 0 Å². The summed E-state index contributed by atoms with van der Waals surface area (Å²) >= 11 is 0. The molecule has 1 aromatic rings. The summed E-state index contributed by atoms with van der Waals surface area (Å²) < 4.78 is 26.4. The largest absolute Gasteiger partial charge is 0.397 e. The molecular weight excluding hydrogens is 278 g/mol. The van der Waals surface area contributed by atoms with Gasteiger partial charge in [0.15, 0.2) is 0 Å². The highest BCUT2D eigenvalue weighted by Gasteiger charge is 2.36. The van der Waals surface area contributed by atoms with Crippen LogP contribution < -0.4 is 15.8 Å². The lowest BCUT2D eigenvalue weighted by molar-refractivity contribution is 0.144. The summed E-state index contributed by atoms with van der Waals surface area (Å²) in [5.41, 5.74) is 6.55. The Morgan fingerprint density at radius 2 is 2.10 bits per heavy atom. The molecule has 0 spiro atoms. The number of benzene rings is 1. The van der Waals surface area contributed by atoms with Gasteiger partial charge in [0.1, 0.15) is 0 Å². The molecule has 0 bridgehead atoms. The molecule has 112 valence electrons. The third kappa shape index (κ3) is 2.89. The van der Waals surface area contributed by atoms with Crippen LogP contribution in [-0.4, -0.2) is 32.2 Å². The first kappa shape index (κ1) is 15.1. The summed E-state index contributed by atoms with van der Waals surface area (Å²) in [7, 11) is -3.51. The van der Waals surface area contributed by atoms with Gasteiger partial charge in [-0.1, -0.05) is 6.92 Å². The first-order valence-corrected chi connectivity index (χ1v) is 8.19. The maximum absolute atomic E-state index is 12.0. The van der Waals surface area contributed by atoms with Crippen LogP contribution in [0.2, 0.25) is 0 Å². The van der Waals surface area contributed by atoms with Crippen LogP contribution in [0.5, 0.6) is 0 Å². The molecule has 2 rings (SSSR count). The van der Waals surface area contributed by atoms with Crippen LogP contribution in [0.15, 0.2) is 23.1 Å². The first-order chi connectivity index (χ1) is 9.42. The van der Waals surface area contributed by atoms with Crippen molar-refractivity contribution >= 4 is 21.4 Å². The predicted molar refractivity (Wildman–Crippen MR) is 79.0 cm³/mol. The Bertz CT molecular complexity index is 577. The summed E-state index contributed by atoms with van der Waals surface area (Å²) in [5.74, 6) is 0. The van der Waals surface area contributed by atoms with Gasteiger partial charge in [-0.05, 0) is 37.5 Å². The van der Waals surface area contributed by atoms with Crippen molar-refractivity contribution in [2.75, 3.05) is 24.2 Å². The number of nitrogens with one attached hydrogen (secondary N) is 2. The number of anilines is 2. The van der Waals surface area contributed by atoms with E-state index in [1.54, 1.807) is 13.0 Å². The monoisotopic (exact) mass is 299 g/mol. The second-order valence-corrected chi connectivity index (χ2v) is 6.93. The Kier molecular flexibility index (Phi) is 4.22. The molecule has 0 aromatic heterocycles. The molecule has 0 saturated heterocycles. The van der Waals surface area contributed by atoms with Gasteiger partial charge in [0.05, 0.1) is 28.4 Å². The lowest BCUT2D eigenvalue weighted by Crippen LogP contribution is -2.48. The van der Waals surface area contributed by atoms with Crippen molar-refractivity contribution in [3.63, 3.8) is 0 Å². The molecule has 0 atom stereocenters. The average molecular weight is 299 g/mol. The van der Waals surface area contributed by atoms with E-state index < -0.39 is 10.0 Å². The molecule has 6 nitrogen and oxygen atoms in total. The minimum Gasteiger partial charge on any atom is -0.397 e. The Morgan fingerprint density at radius 3 is 2.60 bits per heavy atom. The molecule has 1 aliphatic carbocycles. The van der Waals surface area contributed by atoms with E-state index in [0.717, 1.165) is 19.3 Å². The van der Waals surface area contributed by atoms with Gasteiger partial charge in [0, 0.05) is 6.54 Å². The molecule has 0 aliphatic heterocycles. The normalized spacial score (nSPS) is 17.5. The standard InChI is InChI=1S/C13H21N3O3S/c1-2-15-20(18,19)10-4-5-11(14)12(8-10)16-13(9-17)6-3-7-13/h4-5,8,15-17H,2-3,6-7,9,14H2,1H3. The Morgan fingerprint density at radius 1 is 1.40 bits per heavy atom. The molecule has 20 heavy (non-hydrogen) atoms. The Labute approximate surface area is 119 Å². The molecule has 1 aliphatic rings. The zero-order valence-electron chi connectivity index (χ0n) is 11.5. The van der Waals surface area contributed by atoms with Gasteiger partial charge in [-0.3, -0.25) is 0 Å². The van der Waals surface area contributed by atoms with E-state index in [1.165, 1.54) is 12.1 Å². The van der Waals surface area contributed by atoms with Gasteiger partial charge in [-0.15, -0.1) is 0 Å². The van der Waals surface area contributed by atoms with E-state index in [-0.39, 0.29) is 17.0 Å². The van der Waals surface area contributed by atoms with Crippen molar-refractivity contribution in [2.45, 2.75) is 36.6 Å². The van der Waals surface area contributed by atoms with Crippen LogP contribution in [0, 0.1) is 0 Å². The lowest BCUT2D eigenvalue weighted by atomic mass is 9.77. The van der Waals surface area contributed by atoms with Crippen molar-refractivity contribution in [3.8, 4) is 0 Å². The summed E-state index contributed by atoms with van der Waals surface area (Å²) in [6, 6.07) is 4.56. The number of aliphatic hydroxyl groups is 1. The third-order valence-corrected chi connectivity index (χ3v) is 5.23. The van der Waals surface area contributed by atoms with Crippen LogP contribution >= 0.6 is 0 Å². The number of hydrogen-bond donors (Lipinski definition) is 4. The number of hydrogen-bond acceptors (Lipinski definition) is 5. The zero-order chi connectivity index (χ0) is 14.8. The lowest BCUT2D eigenvalue weighted by Gasteiger charge is -2.42. The van der Waals surface area contributed by atoms with Gasteiger partial charge < -0.3 is 16.2 Å².